The second-order valence-electron chi connectivity index (χ2n) is 5.72. The largest absolute Gasteiger partial charge is 0.383 e. The fourth-order valence-corrected chi connectivity index (χ4v) is 3.54. The van der Waals surface area contributed by atoms with E-state index in [0.717, 1.165) is 6.42 Å². The molecule has 2 atom stereocenters. The van der Waals surface area contributed by atoms with Gasteiger partial charge in [-0.25, -0.2) is 0 Å². The molecule has 1 amide bonds. The zero-order valence-corrected chi connectivity index (χ0v) is 13.5. The molecular formula is C15H24N2O2S. The first-order valence-electron chi connectivity index (χ1n) is 7.14. The number of carbonyl (C=O) groups is 1. The second-order valence-corrected chi connectivity index (χ2v) is 7.04. The van der Waals surface area contributed by atoms with Crippen LogP contribution in [0.1, 0.15) is 36.2 Å². The van der Waals surface area contributed by atoms with Crippen LogP contribution in [0.4, 0.5) is 0 Å². The number of nitrogens with zero attached hydrogens (tertiary/aromatic N) is 1. The second kappa shape index (κ2) is 6.70. The average molecular weight is 296 g/mol. The Kier molecular flexibility index (Phi) is 5.18. The summed E-state index contributed by atoms with van der Waals surface area (Å²) in [6.07, 6.45) is 0.878. The SMILES string of the molecule is COCCN1C(=O)C(CC(C)C)NC1c1ccc(C)s1. The van der Waals surface area contributed by atoms with Crippen molar-refractivity contribution in [3.05, 3.63) is 21.9 Å². The van der Waals surface area contributed by atoms with E-state index in [2.05, 4.69) is 38.2 Å². The van der Waals surface area contributed by atoms with Gasteiger partial charge in [0.2, 0.25) is 5.91 Å². The summed E-state index contributed by atoms with van der Waals surface area (Å²) in [4.78, 5) is 16.9. The van der Waals surface area contributed by atoms with Gasteiger partial charge >= 0.3 is 0 Å². The third-order valence-corrected chi connectivity index (χ3v) is 4.58. The molecule has 1 N–H and O–H groups in total. The molecule has 0 bridgehead atoms. The Bertz CT molecular complexity index is 458. The summed E-state index contributed by atoms with van der Waals surface area (Å²) < 4.78 is 5.14. The van der Waals surface area contributed by atoms with Crippen LogP contribution in [0, 0.1) is 12.8 Å². The number of carbonyl (C=O) groups excluding carboxylic acids is 1. The van der Waals surface area contributed by atoms with E-state index in [1.807, 2.05) is 4.90 Å². The van der Waals surface area contributed by atoms with Gasteiger partial charge in [-0.3, -0.25) is 10.1 Å². The van der Waals surface area contributed by atoms with Crippen LogP contribution >= 0.6 is 11.3 Å². The summed E-state index contributed by atoms with van der Waals surface area (Å²) in [6.45, 7) is 7.60. The van der Waals surface area contributed by atoms with Gasteiger partial charge in [0, 0.05) is 23.4 Å². The van der Waals surface area contributed by atoms with Gasteiger partial charge in [-0.1, -0.05) is 13.8 Å². The molecule has 2 heterocycles. The smallest absolute Gasteiger partial charge is 0.241 e. The van der Waals surface area contributed by atoms with Crippen LogP contribution in [-0.4, -0.2) is 37.1 Å². The first-order chi connectivity index (χ1) is 9.52. The van der Waals surface area contributed by atoms with Gasteiger partial charge in [-0.05, 0) is 31.4 Å². The zero-order valence-electron chi connectivity index (χ0n) is 12.7. The van der Waals surface area contributed by atoms with Crippen molar-refractivity contribution in [3.63, 3.8) is 0 Å². The summed E-state index contributed by atoms with van der Waals surface area (Å²) in [5, 5.41) is 3.49. The fourth-order valence-electron chi connectivity index (χ4n) is 2.58. The van der Waals surface area contributed by atoms with Crippen LogP contribution < -0.4 is 5.32 Å². The molecule has 1 aromatic heterocycles. The maximum Gasteiger partial charge on any atom is 0.241 e. The standard InChI is InChI=1S/C15H24N2O2S/c1-10(2)9-12-15(18)17(7-8-19-4)14(16-12)13-6-5-11(3)20-13/h5-6,10,12,14,16H,7-9H2,1-4H3. The van der Waals surface area contributed by atoms with Crippen molar-refractivity contribution in [1.29, 1.82) is 0 Å². The molecule has 5 heteroatoms. The van der Waals surface area contributed by atoms with Crippen LogP contribution in [0.3, 0.4) is 0 Å². The lowest BCUT2D eigenvalue weighted by Gasteiger charge is -2.22. The maximum absolute atomic E-state index is 12.5. The number of methoxy groups -OCH3 is 1. The monoisotopic (exact) mass is 296 g/mol. The number of nitrogens with one attached hydrogen (secondary N) is 1. The molecule has 0 aromatic carbocycles. The number of aryl methyl sites for hydroxylation is 1. The molecule has 20 heavy (non-hydrogen) atoms. The molecule has 1 aliphatic rings. The molecule has 1 aromatic rings. The topological polar surface area (TPSA) is 41.6 Å². The van der Waals surface area contributed by atoms with Crippen molar-refractivity contribution in [2.24, 2.45) is 5.92 Å². The van der Waals surface area contributed by atoms with Crippen LogP contribution in [0.2, 0.25) is 0 Å². The van der Waals surface area contributed by atoms with E-state index in [-0.39, 0.29) is 18.1 Å². The van der Waals surface area contributed by atoms with Crippen molar-refractivity contribution in [3.8, 4) is 0 Å². The number of rotatable bonds is 6. The number of hydrogen-bond donors (Lipinski definition) is 1. The first kappa shape index (κ1) is 15.5. The lowest BCUT2D eigenvalue weighted by molar-refractivity contribution is -0.130. The maximum atomic E-state index is 12.5. The van der Waals surface area contributed by atoms with E-state index in [4.69, 9.17) is 4.74 Å². The van der Waals surface area contributed by atoms with E-state index >= 15 is 0 Å². The van der Waals surface area contributed by atoms with Gasteiger partial charge in [0.15, 0.2) is 0 Å². The molecule has 2 unspecified atom stereocenters. The highest BCUT2D eigenvalue weighted by Gasteiger charge is 2.39. The Hall–Kier alpha value is -0.910. The lowest BCUT2D eigenvalue weighted by Crippen LogP contribution is -2.34. The van der Waals surface area contributed by atoms with Crippen molar-refractivity contribution in [2.75, 3.05) is 20.3 Å². The minimum atomic E-state index is -0.0701. The minimum absolute atomic E-state index is 0.0000926. The Labute approximate surface area is 125 Å². The van der Waals surface area contributed by atoms with Gasteiger partial charge in [0.1, 0.15) is 6.17 Å². The van der Waals surface area contributed by atoms with E-state index < -0.39 is 0 Å². The average Bonchev–Trinajstić information content (AvgIpc) is 2.93. The van der Waals surface area contributed by atoms with Gasteiger partial charge < -0.3 is 9.64 Å². The van der Waals surface area contributed by atoms with Crippen molar-refractivity contribution in [2.45, 2.75) is 39.4 Å². The third-order valence-electron chi connectivity index (χ3n) is 3.53. The molecule has 0 spiro atoms. The summed E-state index contributed by atoms with van der Waals surface area (Å²) >= 11 is 1.75. The first-order valence-corrected chi connectivity index (χ1v) is 7.96. The lowest BCUT2D eigenvalue weighted by atomic mass is 10.0. The van der Waals surface area contributed by atoms with Gasteiger partial charge in [0.05, 0.1) is 12.6 Å². The highest BCUT2D eigenvalue weighted by molar-refractivity contribution is 7.12. The Morgan fingerprint density at radius 3 is 2.75 bits per heavy atom. The predicted molar refractivity (Wildman–Crippen MR) is 81.8 cm³/mol. The van der Waals surface area contributed by atoms with Gasteiger partial charge in [0.25, 0.3) is 0 Å². The zero-order chi connectivity index (χ0) is 14.7. The van der Waals surface area contributed by atoms with E-state index in [9.17, 15) is 4.79 Å². The number of thiophene rings is 1. The molecule has 1 aliphatic heterocycles. The number of ether oxygens (including phenoxy) is 1. The van der Waals surface area contributed by atoms with E-state index in [1.165, 1.54) is 9.75 Å². The Morgan fingerprint density at radius 1 is 1.45 bits per heavy atom. The fraction of sp³-hybridized carbons (Fsp3) is 0.667. The summed E-state index contributed by atoms with van der Waals surface area (Å²) in [5.74, 6) is 0.705. The quantitative estimate of drug-likeness (QED) is 0.877. The summed E-state index contributed by atoms with van der Waals surface area (Å²) in [5.41, 5.74) is 0. The van der Waals surface area contributed by atoms with Crippen LogP contribution in [0.25, 0.3) is 0 Å². The molecule has 0 saturated carbocycles. The van der Waals surface area contributed by atoms with Crippen molar-refractivity contribution in [1.82, 2.24) is 10.2 Å². The molecule has 0 radical (unpaired) electrons. The van der Waals surface area contributed by atoms with Crippen molar-refractivity contribution < 1.29 is 9.53 Å². The summed E-state index contributed by atoms with van der Waals surface area (Å²) in [6, 6.07) is 4.15. The van der Waals surface area contributed by atoms with E-state index in [1.54, 1.807) is 18.4 Å². The molecule has 1 saturated heterocycles. The third kappa shape index (κ3) is 3.40. The number of amides is 1. The Balaban J connectivity index is 2.16. The molecule has 112 valence electrons. The van der Waals surface area contributed by atoms with Gasteiger partial charge in [-0.15, -0.1) is 11.3 Å². The van der Waals surface area contributed by atoms with Gasteiger partial charge in [-0.2, -0.15) is 0 Å². The van der Waals surface area contributed by atoms with Crippen LogP contribution in [-0.2, 0) is 9.53 Å². The Morgan fingerprint density at radius 2 is 2.20 bits per heavy atom. The summed E-state index contributed by atoms with van der Waals surface area (Å²) in [7, 11) is 1.67. The highest BCUT2D eigenvalue weighted by atomic mass is 32.1. The highest BCUT2D eigenvalue weighted by Crippen LogP contribution is 2.31. The minimum Gasteiger partial charge on any atom is -0.383 e. The molecule has 2 rings (SSSR count). The molecular weight excluding hydrogens is 272 g/mol. The number of hydrogen-bond acceptors (Lipinski definition) is 4. The molecule has 0 aliphatic carbocycles. The predicted octanol–water partition coefficient (Wildman–Crippen LogP) is 2.55. The normalized spacial score (nSPS) is 23.1. The molecule has 1 fully saturated rings. The molecule has 4 nitrogen and oxygen atoms in total. The van der Waals surface area contributed by atoms with Crippen LogP contribution in [0.15, 0.2) is 12.1 Å². The van der Waals surface area contributed by atoms with E-state index in [0.29, 0.717) is 19.1 Å². The van der Waals surface area contributed by atoms with Crippen molar-refractivity contribution >= 4 is 17.2 Å². The van der Waals surface area contributed by atoms with Crippen LogP contribution in [0.5, 0.6) is 0 Å².